The number of hydrogen-bond acceptors (Lipinski definition) is 2. The Kier molecular flexibility index (Phi) is 7.64. The fraction of sp³-hybridized carbons (Fsp3) is 0.250. The minimum absolute atomic E-state index is 0.113. The first-order chi connectivity index (χ1) is 20.3. The normalized spacial score (nSPS) is 13.2. The number of fused-ring (bicyclic) bond motifs is 1. The molecule has 2 nitrogen and oxygen atoms in total. The highest BCUT2D eigenvalue weighted by molar-refractivity contribution is 5.81. The van der Waals surface area contributed by atoms with Crippen LogP contribution in [0.4, 0.5) is 34.1 Å². The van der Waals surface area contributed by atoms with E-state index in [-0.39, 0.29) is 5.41 Å². The maximum absolute atomic E-state index is 2.37. The van der Waals surface area contributed by atoms with Crippen molar-refractivity contribution in [3.8, 4) is 0 Å². The van der Waals surface area contributed by atoms with Crippen molar-refractivity contribution in [2.24, 2.45) is 0 Å². The van der Waals surface area contributed by atoms with Crippen molar-refractivity contribution in [1.82, 2.24) is 0 Å². The smallest absolute Gasteiger partial charge is 0.0464 e. The summed E-state index contributed by atoms with van der Waals surface area (Å²) in [5.74, 6) is 0.553. The van der Waals surface area contributed by atoms with Crippen molar-refractivity contribution in [3.63, 3.8) is 0 Å². The van der Waals surface area contributed by atoms with E-state index in [9.17, 15) is 0 Å². The molecule has 6 rings (SSSR count). The van der Waals surface area contributed by atoms with Gasteiger partial charge in [-0.3, -0.25) is 0 Å². The molecule has 0 fully saturated rings. The van der Waals surface area contributed by atoms with Gasteiger partial charge in [0.2, 0.25) is 0 Å². The summed E-state index contributed by atoms with van der Waals surface area (Å²) in [6, 6.07) is 44.8. The number of nitrogens with zero attached hydrogens (tertiary/aromatic N) is 2. The van der Waals surface area contributed by atoms with Crippen molar-refractivity contribution in [3.05, 3.63) is 144 Å². The molecule has 212 valence electrons. The fourth-order valence-corrected chi connectivity index (χ4v) is 5.84. The maximum Gasteiger partial charge on any atom is 0.0464 e. The number of hydrogen-bond donors (Lipinski definition) is 0. The Morgan fingerprint density at radius 2 is 1.00 bits per heavy atom. The second kappa shape index (κ2) is 11.5. The molecule has 0 amide bonds. The predicted octanol–water partition coefficient (Wildman–Crippen LogP) is 11.5. The fourth-order valence-electron chi connectivity index (χ4n) is 5.84. The van der Waals surface area contributed by atoms with Crippen LogP contribution < -0.4 is 9.80 Å². The van der Waals surface area contributed by atoms with Crippen molar-refractivity contribution >= 4 is 34.1 Å². The largest absolute Gasteiger partial charge is 0.311 e. The van der Waals surface area contributed by atoms with Crippen molar-refractivity contribution < 1.29 is 0 Å². The van der Waals surface area contributed by atoms with E-state index in [0.717, 1.165) is 23.5 Å². The lowest BCUT2D eigenvalue weighted by molar-refractivity contribution is 0.590. The van der Waals surface area contributed by atoms with Crippen LogP contribution in [0.5, 0.6) is 0 Å². The quantitative estimate of drug-likeness (QED) is 0.190. The Labute approximate surface area is 252 Å². The van der Waals surface area contributed by atoms with E-state index >= 15 is 0 Å². The monoisotopic (exact) mass is 550 g/mol. The molecule has 0 spiro atoms. The van der Waals surface area contributed by atoms with Crippen molar-refractivity contribution in [2.45, 2.75) is 65.2 Å². The van der Waals surface area contributed by atoms with Gasteiger partial charge in [-0.05, 0) is 126 Å². The number of anilines is 6. The van der Waals surface area contributed by atoms with Crippen LogP contribution >= 0.6 is 0 Å². The van der Waals surface area contributed by atoms with Gasteiger partial charge in [0.1, 0.15) is 0 Å². The van der Waals surface area contributed by atoms with Crippen molar-refractivity contribution in [2.75, 3.05) is 9.80 Å². The average molecular weight is 551 g/mol. The summed E-state index contributed by atoms with van der Waals surface area (Å²) in [5, 5.41) is 0. The predicted molar refractivity (Wildman–Crippen MR) is 181 cm³/mol. The Morgan fingerprint density at radius 3 is 1.48 bits per heavy atom. The summed E-state index contributed by atoms with van der Waals surface area (Å²) >= 11 is 0. The van der Waals surface area contributed by atoms with Gasteiger partial charge in [-0.2, -0.15) is 0 Å². The highest BCUT2D eigenvalue weighted by Gasteiger charge is 2.20. The maximum atomic E-state index is 2.37. The zero-order valence-corrected chi connectivity index (χ0v) is 25.6. The average Bonchev–Trinajstić information content (AvgIpc) is 3.00. The van der Waals surface area contributed by atoms with E-state index in [1.807, 2.05) is 0 Å². The van der Waals surface area contributed by atoms with Gasteiger partial charge in [-0.15, -0.1) is 0 Å². The summed E-state index contributed by atoms with van der Waals surface area (Å²) in [6.45, 7) is 11.4. The van der Waals surface area contributed by atoms with Crippen LogP contribution in [0.15, 0.2) is 121 Å². The third kappa shape index (κ3) is 5.59. The van der Waals surface area contributed by atoms with Crippen LogP contribution in [0.25, 0.3) is 0 Å². The zero-order chi connectivity index (χ0) is 29.3. The summed E-state index contributed by atoms with van der Waals surface area (Å²) in [6.07, 6.45) is 3.50. The Morgan fingerprint density at radius 1 is 0.548 bits per heavy atom. The molecule has 0 N–H and O–H groups in total. The molecule has 0 aliphatic heterocycles. The standard InChI is InChI=1S/C40H42N2/c1-6-29(2)30-14-19-35(20-15-30)41(36-22-17-33(18-23-36)40(3,4)5)37-24-26-38(27-25-37)42(34-10-8-7-9-11-34)39-21-16-31-12-13-32(31)28-39/h7-11,14-29H,6,12-13H2,1-5H3. The third-order valence-corrected chi connectivity index (χ3v) is 8.82. The molecule has 0 radical (unpaired) electrons. The first-order valence-corrected chi connectivity index (χ1v) is 15.4. The zero-order valence-electron chi connectivity index (χ0n) is 25.6. The number of para-hydroxylation sites is 1. The molecule has 1 aliphatic carbocycles. The molecular weight excluding hydrogens is 508 g/mol. The minimum Gasteiger partial charge on any atom is -0.311 e. The van der Waals surface area contributed by atoms with Crippen molar-refractivity contribution in [1.29, 1.82) is 0 Å². The van der Waals surface area contributed by atoms with Gasteiger partial charge >= 0.3 is 0 Å². The van der Waals surface area contributed by atoms with Gasteiger partial charge < -0.3 is 9.80 Å². The molecule has 0 bridgehead atoms. The van der Waals surface area contributed by atoms with E-state index < -0.39 is 0 Å². The minimum atomic E-state index is 0.113. The van der Waals surface area contributed by atoms with E-state index in [0.29, 0.717) is 5.92 Å². The molecular formula is C40H42N2. The Hall–Kier alpha value is -4.30. The summed E-state index contributed by atoms with van der Waals surface area (Å²) < 4.78 is 0. The van der Waals surface area contributed by atoms with E-state index in [4.69, 9.17) is 0 Å². The summed E-state index contributed by atoms with van der Waals surface area (Å²) in [4.78, 5) is 4.74. The Bertz CT molecular complexity index is 1630. The van der Waals surface area contributed by atoms with Gasteiger partial charge in [-0.25, -0.2) is 0 Å². The topological polar surface area (TPSA) is 6.48 Å². The molecule has 0 saturated carbocycles. The van der Waals surface area contributed by atoms with Crippen LogP contribution in [0.1, 0.15) is 69.2 Å². The number of rotatable bonds is 8. The molecule has 42 heavy (non-hydrogen) atoms. The molecule has 5 aromatic rings. The summed E-state index contributed by atoms with van der Waals surface area (Å²) in [7, 11) is 0. The second-order valence-electron chi connectivity index (χ2n) is 12.7. The van der Waals surface area contributed by atoms with Crippen LogP contribution in [0.3, 0.4) is 0 Å². The molecule has 5 aromatic carbocycles. The van der Waals surface area contributed by atoms with Crippen LogP contribution in [-0.4, -0.2) is 0 Å². The first kappa shape index (κ1) is 27.8. The number of benzene rings is 5. The lowest BCUT2D eigenvalue weighted by atomic mass is 9.87. The van der Waals surface area contributed by atoms with Crippen LogP contribution in [0.2, 0.25) is 0 Å². The number of aryl methyl sites for hydroxylation is 2. The summed E-state index contributed by atoms with van der Waals surface area (Å²) in [5.41, 5.74) is 12.8. The first-order valence-electron chi connectivity index (χ1n) is 15.4. The van der Waals surface area contributed by atoms with Gasteiger partial charge in [0.25, 0.3) is 0 Å². The third-order valence-electron chi connectivity index (χ3n) is 8.82. The molecule has 0 aromatic heterocycles. The molecule has 1 unspecified atom stereocenters. The lowest BCUT2D eigenvalue weighted by Crippen LogP contribution is -2.15. The molecule has 1 aliphatic rings. The van der Waals surface area contributed by atoms with E-state index in [1.54, 1.807) is 0 Å². The van der Waals surface area contributed by atoms with Gasteiger partial charge in [0, 0.05) is 34.1 Å². The SMILES string of the molecule is CCC(C)c1ccc(N(c2ccc(N(c3ccccc3)c3ccc4c(c3)CC4)cc2)c2ccc(C(C)(C)C)cc2)cc1. The molecule has 0 saturated heterocycles. The van der Waals surface area contributed by atoms with Gasteiger partial charge in [-0.1, -0.05) is 83.1 Å². The second-order valence-corrected chi connectivity index (χ2v) is 12.7. The van der Waals surface area contributed by atoms with Crippen LogP contribution in [0, 0.1) is 0 Å². The lowest BCUT2D eigenvalue weighted by Gasteiger charge is -2.30. The van der Waals surface area contributed by atoms with Gasteiger partial charge in [0.15, 0.2) is 0 Å². The van der Waals surface area contributed by atoms with Gasteiger partial charge in [0.05, 0.1) is 0 Å². The Balaban J connectivity index is 1.40. The highest BCUT2D eigenvalue weighted by Crippen LogP contribution is 2.41. The highest BCUT2D eigenvalue weighted by atomic mass is 15.2. The molecule has 1 atom stereocenters. The van der Waals surface area contributed by atoms with E-state index in [1.165, 1.54) is 52.2 Å². The molecule has 2 heteroatoms. The van der Waals surface area contributed by atoms with Crippen LogP contribution in [-0.2, 0) is 18.3 Å². The molecule has 0 heterocycles. The van der Waals surface area contributed by atoms with E-state index in [2.05, 4.69) is 166 Å².